The first kappa shape index (κ1) is 14.7. The molecule has 2 aliphatic heterocycles. The summed E-state index contributed by atoms with van der Waals surface area (Å²) in [4.78, 5) is 34.7. The smallest absolute Gasteiger partial charge is 0.341 e. The fourth-order valence-corrected chi connectivity index (χ4v) is 2.06. The van der Waals surface area contributed by atoms with Crippen LogP contribution in [0.3, 0.4) is 0 Å². The molecule has 112 valence electrons. The van der Waals surface area contributed by atoms with Crippen molar-refractivity contribution in [3.63, 3.8) is 0 Å². The molecule has 0 aromatic carbocycles. The van der Waals surface area contributed by atoms with Gasteiger partial charge < -0.3 is 19.5 Å². The summed E-state index contributed by atoms with van der Waals surface area (Å²) in [6.45, 7) is 1.29. The fraction of sp³-hybridized carbons (Fsp3) is 0.333. The number of aromatic nitrogens is 3. The van der Waals surface area contributed by atoms with Gasteiger partial charge in [0.25, 0.3) is 5.56 Å². The number of hydrogen-bond donors (Lipinski definition) is 3. The molecule has 0 bridgehead atoms. The van der Waals surface area contributed by atoms with E-state index in [4.69, 9.17) is 0 Å². The third-order valence-corrected chi connectivity index (χ3v) is 3.02. The number of nitrogens with one attached hydrogen (secondary N) is 1. The first-order valence-corrected chi connectivity index (χ1v) is 5.96. The van der Waals surface area contributed by atoms with Crippen LogP contribution in [0, 0.1) is 0 Å². The zero-order chi connectivity index (χ0) is 15.7. The molecule has 2 atom stereocenters. The van der Waals surface area contributed by atoms with Crippen molar-refractivity contribution >= 4 is 11.9 Å². The molecule has 0 saturated heterocycles. The molecule has 9 nitrogen and oxygen atoms in total. The maximum atomic E-state index is 11.7. The largest absolute Gasteiger partial charge is 0.480 e. The summed E-state index contributed by atoms with van der Waals surface area (Å²) < 4.78 is 5.67. The normalized spacial score (nSPS) is 13.9. The molecule has 0 aromatic rings. The quantitative estimate of drug-likeness (QED) is 0.645. The van der Waals surface area contributed by atoms with Crippen molar-refractivity contribution in [2.24, 2.45) is 0 Å². The third-order valence-electron chi connectivity index (χ3n) is 3.02. The molecule has 2 aliphatic rings. The standard InChI is InChI=1S/C12H13N3O6/c1-5(16)9(11(18)19)15-3-6-8(13-14-10(6)17)7(4-15)12(20)21-2/h3-5,9,16H,1-2H3,(H,14,17)(H,18,19)/t5-,9+/m1/s1. The van der Waals surface area contributed by atoms with Gasteiger partial charge >= 0.3 is 11.9 Å². The highest BCUT2D eigenvalue weighted by molar-refractivity contribution is 5.96. The summed E-state index contributed by atoms with van der Waals surface area (Å²) >= 11 is 0. The molecule has 3 N–H and O–H groups in total. The van der Waals surface area contributed by atoms with Crippen LogP contribution < -0.4 is 5.56 Å². The lowest BCUT2D eigenvalue weighted by molar-refractivity contribution is -0.144. The van der Waals surface area contributed by atoms with E-state index in [1.54, 1.807) is 0 Å². The number of esters is 1. The van der Waals surface area contributed by atoms with E-state index in [1.807, 2.05) is 0 Å². The van der Waals surface area contributed by atoms with E-state index in [0.717, 1.165) is 11.7 Å². The second-order valence-electron chi connectivity index (χ2n) is 4.45. The number of carboxylic acid groups (broad SMARTS) is 1. The van der Waals surface area contributed by atoms with Crippen LogP contribution in [0.25, 0.3) is 11.3 Å². The molecule has 9 heteroatoms. The van der Waals surface area contributed by atoms with E-state index < -0.39 is 29.6 Å². The zero-order valence-electron chi connectivity index (χ0n) is 11.2. The Hall–Kier alpha value is -2.68. The lowest BCUT2D eigenvalue weighted by atomic mass is 10.1. The van der Waals surface area contributed by atoms with E-state index in [9.17, 15) is 24.6 Å². The minimum atomic E-state index is -1.35. The van der Waals surface area contributed by atoms with E-state index in [2.05, 4.69) is 14.9 Å². The molecule has 0 unspecified atom stereocenters. The molecule has 0 saturated carbocycles. The van der Waals surface area contributed by atoms with Crippen molar-refractivity contribution in [3.05, 3.63) is 28.3 Å². The Morgan fingerprint density at radius 2 is 2.10 bits per heavy atom. The average molecular weight is 295 g/mol. The Morgan fingerprint density at radius 1 is 1.43 bits per heavy atom. The number of methoxy groups -OCH3 is 1. The molecule has 0 aliphatic carbocycles. The number of pyridine rings is 1. The van der Waals surface area contributed by atoms with Crippen LogP contribution in [0.1, 0.15) is 23.3 Å². The van der Waals surface area contributed by atoms with Crippen LogP contribution in [-0.4, -0.2) is 50.1 Å². The number of H-pyrrole nitrogens is 1. The van der Waals surface area contributed by atoms with Crippen LogP contribution in [0.2, 0.25) is 0 Å². The Morgan fingerprint density at radius 3 is 2.62 bits per heavy atom. The minimum Gasteiger partial charge on any atom is -0.480 e. The second kappa shape index (κ2) is 5.37. The van der Waals surface area contributed by atoms with Crippen LogP contribution in [-0.2, 0) is 9.53 Å². The number of nitrogens with zero attached hydrogens (tertiary/aromatic N) is 2. The molecule has 0 spiro atoms. The third kappa shape index (κ3) is 2.50. The topological polar surface area (TPSA) is 135 Å². The maximum absolute atomic E-state index is 11.7. The van der Waals surface area contributed by atoms with Crippen LogP contribution in [0.15, 0.2) is 17.2 Å². The van der Waals surface area contributed by atoms with Gasteiger partial charge in [0.1, 0.15) is 11.3 Å². The van der Waals surface area contributed by atoms with E-state index >= 15 is 0 Å². The minimum absolute atomic E-state index is 0.0322. The van der Waals surface area contributed by atoms with Gasteiger partial charge in [-0.1, -0.05) is 0 Å². The van der Waals surface area contributed by atoms with Crippen molar-refractivity contribution < 1.29 is 24.5 Å². The monoisotopic (exact) mass is 295 g/mol. The molecular weight excluding hydrogens is 282 g/mol. The number of fused-ring (bicyclic) bond motifs is 1. The van der Waals surface area contributed by atoms with Gasteiger partial charge in [0.15, 0.2) is 6.04 Å². The Bertz CT molecular complexity index is 716. The molecule has 0 aromatic heterocycles. The van der Waals surface area contributed by atoms with Crippen LogP contribution in [0.4, 0.5) is 0 Å². The summed E-state index contributed by atoms with van der Waals surface area (Å²) in [6, 6.07) is -1.35. The van der Waals surface area contributed by atoms with Crippen LogP contribution in [0.5, 0.6) is 0 Å². The predicted octanol–water partition coefficient (Wildman–Crippen LogP) is -0.531. The molecule has 2 rings (SSSR count). The number of aliphatic hydroxyl groups excluding tert-OH is 1. The number of aliphatic carboxylic acids is 1. The molecule has 21 heavy (non-hydrogen) atoms. The second-order valence-corrected chi connectivity index (χ2v) is 4.45. The summed E-state index contributed by atoms with van der Waals surface area (Å²) in [6.07, 6.45) is 1.16. The fourth-order valence-electron chi connectivity index (χ4n) is 2.06. The molecule has 2 heterocycles. The predicted molar refractivity (Wildman–Crippen MR) is 69.2 cm³/mol. The van der Waals surface area contributed by atoms with Crippen molar-refractivity contribution in [3.8, 4) is 11.3 Å². The lowest BCUT2D eigenvalue weighted by Crippen LogP contribution is -2.30. The molecule has 0 fully saturated rings. The Balaban J connectivity index is 2.72. The molecule has 0 amide bonds. The summed E-state index contributed by atoms with van der Waals surface area (Å²) in [7, 11) is 1.15. The number of hydrogen-bond acceptors (Lipinski definition) is 6. The number of rotatable bonds is 4. The Kier molecular flexibility index (Phi) is 3.76. The molecule has 0 radical (unpaired) electrons. The van der Waals surface area contributed by atoms with Gasteiger partial charge in [0.2, 0.25) is 0 Å². The number of carbonyl (C=O) groups excluding carboxylic acids is 1. The number of ether oxygens (including phenoxy) is 1. The molecular formula is C12H13N3O6. The van der Waals surface area contributed by atoms with E-state index in [-0.39, 0.29) is 16.8 Å². The first-order chi connectivity index (χ1) is 9.86. The number of aliphatic hydroxyl groups is 1. The van der Waals surface area contributed by atoms with Crippen molar-refractivity contribution in [2.75, 3.05) is 7.11 Å². The lowest BCUT2D eigenvalue weighted by Gasteiger charge is -2.20. The van der Waals surface area contributed by atoms with Gasteiger partial charge in [-0.25, -0.2) is 14.7 Å². The van der Waals surface area contributed by atoms with Gasteiger partial charge in [0.05, 0.1) is 18.8 Å². The van der Waals surface area contributed by atoms with Gasteiger partial charge in [-0.15, -0.1) is 0 Å². The maximum Gasteiger partial charge on any atom is 0.341 e. The Labute approximate surface area is 118 Å². The highest BCUT2D eigenvalue weighted by atomic mass is 16.5. The van der Waals surface area contributed by atoms with Gasteiger partial charge in [-0.05, 0) is 6.92 Å². The summed E-state index contributed by atoms with van der Waals surface area (Å²) in [5, 5.41) is 24.7. The van der Waals surface area contributed by atoms with Crippen molar-refractivity contribution in [2.45, 2.75) is 19.1 Å². The van der Waals surface area contributed by atoms with E-state index in [0.29, 0.717) is 0 Å². The average Bonchev–Trinajstić information content (AvgIpc) is 2.78. The highest BCUT2D eigenvalue weighted by Gasteiger charge is 2.29. The number of carboxylic acids is 1. The first-order valence-electron chi connectivity index (χ1n) is 5.96. The van der Waals surface area contributed by atoms with Crippen LogP contribution >= 0.6 is 0 Å². The zero-order valence-corrected chi connectivity index (χ0v) is 11.2. The SMILES string of the molecule is COC(=O)c1cn([C@H](C(=O)O)[C@@H](C)O)cc2c(=O)[nH]nc1-2. The number of carbonyl (C=O) groups is 2. The summed E-state index contributed by atoms with van der Waals surface area (Å²) in [5.74, 6) is -2.07. The van der Waals surface area contributed by atoms with Gasteiger partial charge in [0, 0.05) is 12.4 Å². The highest BCUT2D eigenvalue weighted by Crippen LogP contribution is 2.24. The number of aromatic amines is 1. The van der Waals surface area contributed by atoms with Gasteiger partial charge in [-0.3, -0.25) is 4.79 Å². The summed E-state index contributed by atoms with van der Waals surface area (Å²) in [5.41, 5.74) is -0.526. The van der Waals surface area contributed by atoms with Crippen molar-refractivity contribution in [1.82, 2.24) is 14.8 Å². The van der Waals surface area contributed by atoms with E-state index in [1.165, 1.54) is 19.3 Å². The van der Waals surface area contributed by atoms with Gasteiger partial charge in [-0.2, -0.15) is 5.10 Å². The van der Waals surface area contributed by atoms with Crippen molar-refractivity contribution in [1.29, 1.82) is 0 Å².